The van der Waals surface area contributed by atoms with Crippen molar-refractivity contribution in [1.29, 1.82) is 0 Å². The van der Waals surface area contributed by atoms with Crippen LogP contribution < -0.4 is 4.74 Å². The van der Waals surface area contributed by atoms with Crippen LogP contribution in [0.25, 0.3) is 11.3 Å². The zero-order valence-electron chi connectivity index (χ0n) is 28.4. The van der Waals surface area contributed by atoms with Crippen LogP contribution in [0, 0.1) is 17.6 Å². The molecule has 2 aromatic carbocycles. The van der Waals surface area contributed by atoms with E-state index >= 15 is 0 Å². The van der Waals surface area contributed by atoms with Crippen LogP contribution in [0.15, 0.2) is 59.3 Å². The number of hydrogen-bond donors (Lipinski definition) is 1. The van der Waals surface area contributed by atoms with Crippen molar-refractivity contribution >= 4 is 35.2 Å². The van der Waals surface area contributed by atoms with Gasteiger partial charge in [0.15, 0.2) is 5.76 Å². The second-order valence-corrected chi connectivity index (χ2v) is 14.5. The summed E-state index contributed by atoms with van der Waals surface area (Å²) < 4.78 is 44.8. The molecule has 3 aliphatic rings. The number of nitrogens with zero attached hydrogens (tertiary/aromatic N) is 4. The number of amides is 2. The van der Waals surface area contributed by atoms with Crippen LogP contribution in [0.3, 0.4) is 0 Å². The van der Waals surface area contributed by atoms with E-state index in [1.807, 2.05) is 23.1 Å². The Kier molecular flexibility index (Phi) is 10.7. The third-order valence-corrected chi connectivity index (χ3v) is 11.1. The number of fused-ring (bicyclic) bond motifs is 2. The van der Waals surface area contributed by atoms with E-state index < -0.39 is 29.7 Å². The Morgan fingerprint density at radius 1 is 1.06 bits per heavy atom. The first-order chi connectivity index (χ1) is 25.1. The lowest BCUT2D eigenvalue weighted by Crippen LogP contribution is -2.55. The molecule has 1 saturated carbocycles. The van der Waals surface area contributed by atoms with E-state index in [4.69, 9.17) is 37.2 Å². The number of hydrogen-bond acceptors (Lipinski definition) is 7. The highest BCUT2D eigenvalue weighted by Gasteiger charge is 2.54. The molecule has 274 valence electrons. The number of pyridine rings is 1. The van der Waals surface area contributed by atoms with Crippen molar-refractivity contribution in [3.8, 4) is 17.0 Å². The number of carboxylic acid groups (broad SMARTS) is 1. The van der Waals surface area contributed by atoms with E-state index in [2.05, 4.69) is 10.1 Å². The normalized spacial score (nSPS) is 21.0. The zero-order chi connectivity index (χ0) is 36.5. The first kappa shape index (κ1) is 36.1. The minimum Gasteiger partial charge on any atom is -0.486 e. The number of piperidine rings is 1. The largest absolute Gasteiger partial charge is 0.486 e. The van der Waals surface area contributed by atoms with Crippen LogP contribution in [-0.4, -0.2) is 68.9 Å². The summed E-state index contributed by atoms with van der Waals surface area (Å²) in [6, 6.07) is 12.2. The molecule has 4 unspecified atom stereocenters. The number of rotatable bonds is 13. The first-order valence-corrected chi connectivity index (χ1v) is 18.1. The summed E-state index contributed by atoms with van der Waals surface area (Å²) in [6.45, 7) is 0.900. The van der Waals surface area contributed by atoms with Crippen molar-refractivity contribution in [2.75, 3.05) is 13.7 Å². The maximum absolute atomic E-state index is 14.8. The van der Waals surface area contributed by atoms with Gasteiger partial charge in [0.05, 0.1) is 21.5 Å². The van der Waals surface area contributed by atoms with E-state index in [0.29, 0.717) is 43.2 Å². The van der Waals surface area contributed by atoms with Crippen LogP contribution in [0.4, 0.5) is 13.6 Å². The number of methoxy groups -OCH3 is 1. The summed E-state index contributed by atoms with van der Waals surface area (Å²) in [4.78, 5) is 35.1. The van der Waals surface area contributed by atoms with Crippen molar-refractivity contribution in [3.05, 3.63) is 99.0 Å². The SMILES string of the molecule is COCCCc1cc(CN(C(=O)C2C(c3ccc(OCc4cc(-c5c(F)ccc(F)c5Cl)no4)cc3)CC3CCC2N3C(=O)O)C2CC2)c(Cl)cn1. The van der Waals surface area contributed by atoms with Crippen LogP contribution in [-0.2, 0) is 29.1 Å². The van der Waals surface area contributed by atoms with Crippen LogP contribution >= 0.6 is 23.2 Å². The lowest BCUT2D eigenvalue weighted by Gasteiger charge is -2.44. The highest BCUT2D eigenvalue weighted by Crippen LogP contribution is 2.49. The maximum atomic E-state index is 14.8. The Hall–Kier alpha value is -4.26. The average molecular weight is 756 g/mol. The summed E-state index contributed by atoms with van der Waals surface area (Å²) in [6.07, 6.45) is 5.78. The van der Waals surface area contributed by atoms with Gasteiger partial charge in [0, 0.05) is 56.3 Å². The van der Waals surface area contributed by atoms with Crippen molar-refractivity contribution in [2.24, 2.45) is 5.92 Å². The fourth-order valence-electron chi connectivity index (χ4n) is 7.74. The predicted octanol–water partition coefficient (Wildman–Crippen LogP) is 8.29. The minimum absolute atomic E-state index is 0.0365. The maximum Gasteiger partial charge on any atom is 0.407 e. The van der Waals surface area contributed by atoms with Gasteiger partial charge in [-0.15, -0.1) is 0 Å². The monoisotopic (exact) mass is 754 g/mol. The van der Waals surface area contributed by atoms with E-state index in [9.17, 15) is 23.5 Å². The van der Waals surface area contributed by atoms with Gasteiger partial charge in [0.2, 0.25) is 5.91 Å². The van der Waals surface area contributed by atoms with Crippen LogP contribution in [0.2, 0.25) is 10.0 Å². The van der Waals surface area contributed by atoms with Gasteiger partial charge < -0.3 is 28.9 Å². The number of carbonyl (C=O) groups is 2. The topological polar surface area (TPSA) is 118 Å². The molecule has 0 spiro atoms. The number of aryl methyl sites for hydroxylation is 1. The van der Waals surface area contributed by atoms with Gasteiger partial charge in [-0.2, -0.15) is 0 Å². The zero-order valence-corrected chi connectivity index (χ0v) is 30.0. The summed E-state index contributed by atoms with van der Waals surface area (Å²) in [5.41, 5.74) is 2.47. The number of carbonyl (C=O) groups excluding carboxylic acids is 1. The molecule has 7 rings (SSSR count). The Bertz CT molecular complexity index is 1940. The van der Waals surface area contributed by atoms with Crippen molar-refractivity contribution in [1.82, 2.24) is 19.9 Å². The fraction of sp³-hybridized carbons (Fsp3) is 0.421. The molecule has 0 radical (unpaired) electrons. The van der Waals surface area contributed by atoms with E-state index in [0.717, 1.165) is 54.6 Å². The summed E-state index contributed by atoms with van der Waals surface area (Å²) in [7, 11) is 1.66. The van der Waals surface area contributed by atoms with Gasteiger partial charge in [-0.25, -0.2) is 13.6 Å². The molecule has 2 amide bonds. The molecule has 4 heterocycles. The third kappa shape index (κ3) is 7.47. The molecule has 2 aromatic heterocycles. The van der Waals surface area contributed by atoms with Crippen molar-refractivity contribution in [3.63, 3.8) is 0 Å². The lowest BCUT2D eigenvalue weighted by atomic mass is 9.75. The molecule has 4 atom stereocenters. The van der Waals surface area contributed by atoms with Gasteiger partial charge >= 0.3 is 6.09 Å². The number of halogens is 4. The highest BCUT2D eigenvalue weighted by atomic mass is 35.5. The Morgan fingerprint density at radius 3 is 2.56 bits per heavy atom. The quantitative estimate of drug-likeness (QED) is 0.107. The second-order valence-electron chi connectivity index (χ2n) is 13.7. The van der Waals surface area contributed by atoms with Crippen molar-refractivity contribution in [2.45, 2.75) is 82.1 Å². The standard InChI is InChI=1S/C38H38Cl2F2N4O6/c1-50-14-2-3-23-15-22(29(39)18-43-23)19-45(24-6-7-24)37(47)34-28(16-25-8-13-33(34)46(25)38(48)49)21-4-9-26(10-5-21)51-20-27-17-32(44-52-27)35-30(41)11-12-31(42)36(35)40/h4-5,9-12,15,17-18,24-25,28,33-34H,2-3,6-8,13-14,16,19-20H2,1H3,(H,48,49). The lowest BCUT2D eigenvalue weighted by molar-refractivity contribution is -0.141. The smallest absolute Gasteiger partial charge is 0.407 e. The molecule has 1 aliphatic carbocycles. The van der Waals surface area contributed by atoms with E-state index in [-0.39, 0.29) is 52.6 Å². The third-order valence-electron chi connectivity index (χ3n) is 10.4. The van der Waals surface area contributed by atoms with Gasteiger partial charge in [0.1, 0.15) is 29.7 Å². The Labute approximate surface area is 309 Å². The van der Waals surface area contributed by atoms with Crippen molar-refractivity contribution < 1.29 is 37.5 Å². The van der Waals surface area contributed by atoms with Gasteiger partial charge in [-0.3, -0.25) is 9.78 Å². The molecule has 14 heteroatoms. The second kappa shape index (κ2) is 15.4. The Balaban J connectivity index is 1.10. The molecular formula is C38H38Cl2F2N4O6. The van der Waals surface area contributed by atoms with Gasteiger partial charge in [-0.05, 0) is 92.3 Å². The highest BCUT2D eigenvalue weighted by molar-refractivity contribution is 6.33. The van der Waals surface area contributed by atoms with E-state index in [1.165, 1.54) is 11.0 Å². The number of benzene rings is 2. The first-order valence-electron chi connectivity index (χ1n) is 17.4. The van der Waals surface area contributed by atoms with Gasteiger partial charge in [0.25, 0.3) is 0 Å². The molecular weight excluding hydrogens is 717 g/mol. The minimum atomic E-state index is -0.999. The van der Waals surface area contributed by atoms with Crippen LogP contribution in [0.5, 0.6) is 5.75 Å². The number of aromatic nitrogens is 2. The summed E-state index contributed by atoms with van der Waals surface area (Å²) in [5, 5.41) is 14.2. The molecule has 4 aromatic rings. The van der Waals surface area contributed by atoms with Gasteiger partial charge in [-0.1, -0.05) is 40.5 Å². The molecule has 2 aliphatic heterocycles. The summed E-state index contributed by atoms with van der Waals surface area (Å²) >= 11 is 12.6. The Morgan fingerprint density at radius 2 is 1.83 bits per heavy atom. The summed E-state index contributed by atoms with van der Waals surface area (Å²) in [5.74, 6) is -1.56. The molecule has 2 saturated heterocycles. The molecule has 3 fully saturated rings. The molecule has 1 N–H and O–H groups in total. The molecule has 2 bridgehead atoms. The average Bonchev–Trinajstić information content (AvgIpc) is 3.79. The number of ether oxygens (including phenoxy) is 2. The molecule has 10 nitrogen and oxygen atoms in total. The van der Waals surface area contributed by atoms with E-state index in [1.54, 1.807) is 25.4 Å². The fourth-order valence-corrected chi connectivity index (χ4v) is 8.16. The molecule has 52 heavy (non-hydrogen) atoms. The van der Waals surface area contributed by atoms with Crippen LogP contribution in [0.1, 0.15) is 67.0 Å². The predicted molar refractivity (Wildman–Crippen MR) is 188 cm³/mol.